The van der Waals surface area contributed by atoms with Gasteiger partial charge in [0.1, 0.15) is 0 Å². The van der Waals surface area contributed by atoms with Crippen molar-refractivity contribution in [2.24, 2.45) is 0 Å². The average molecular weight is 369 g/mol. The summed E-state index contributed by atoms with van der Waals surface area (Å²) in [7, 11) is 0. The van der Waals surface area contributed by atoms with E-state index in [9.17, 15) is 5.11 Å². The van der Waals surface area contributed by atoms with Crippen LogP contribution in [0.4, 0.5) is 17.1 Å². The lowest BCUT2D eigenvalue weighted by molar-refractivity contribution is 0.191. The molecule has 0 aliphatic carbocycles. The molecule has 4 heteroatoms. The van der Waals surface area contributed by atoms with Gasteiger partial charge >= 0.3 is 0 Å². The van der Waals surface area contributed by atoms with Gasteiger partial charge in [-0.1, -0.05) is 48.5 Å². The summed E-state index contributed by atoms with van der Waals surface area (Å²) in [5, 5.41) is 12.6. The van der Waals surface area contributed by atoms with Crippen molar-refractivity contribution in [3.63, 3.8) is 0 Å². The van der Waals surface area contributed by atoms with Crippen LogP contribution in [0.2, 0.25) is 0 Å². The zero-order chi connectivity index (χ0) is 17.5. The highest BCUT2D eigenvalue weighted by Crippen LogP contribution is 2.33. The Bertz CT molecular complexity index is 722. The smallest absolute Gasteiger partial charge is 0.0636 e. The van der Waals surface area contributed by atoms with E-state index >= 15 is 0 Å². The van der Waals surface area contributed by atoms with Crippen LogP contribution in [0, 0.1) is 0 Å². The van der Waals surface area contributed by atoms with E-state index in [0.29, 0.717) is 6.54 Å². The normalized spacial score (nSPS) is 11.5. The van der Waals surface area contributed by atoms with Crippen LogP contribution in [-0.4, -0.2) is 17.8 Å². The van der Waals surface area contributed by atoms with Crippen molar-refractivity contribution in [1.29, 1.82) is 0 Å². The maximum atomic E-state index is 9.33. The molecule has 3 aromatic rings. The molecule has 3 nitrogen and oxygen atoms in total. The summed E-state index contributed by atoms with van der Waals surface area (Å²) in [5.74, 6) is 0. The Morgan fingerprint density at radius 2 is 1.23 bits per heavy atom. The number of hydrogen-bond donors (Lipinski definition) is 2. The van der Waals surface area contributed by atoms with Crippen molar-refractivity contribution in [3.05, 3.63) is 90.5 Å². The fourth-order valence-corrected chi connectivity index (χ4v) is 2.79. The summed E-state index contributed by atoms with van der Waals surface area (Å²) in [6, 6.07) is 29.3. The lowest BCUT2D eigenvalue weighted by Crippen LogP contribution is -2.23. The Morgan fingerprint density at radius 3 is 1.69 bits per heavy atom. The topological polar surface area (TPSA) is 35.5 Å². The summed E-state index contributed by atoms with van der Waals surface area (Å²) in [4.78, 5) is 2.24. The van der Waals surface area contributed by atoms with Gasteiger partial charge in [0.25, 0.3) is 0 Å². The molecule has 0 saturated carbocycles. The second kappa shape index (κ2) is 9.97. The maximum absolute atomic E-state index is 9.33. The summed E-state index contributed by atoms with van der Waals surface area (Å²) in [5.41, 5.74) is 4.59. The standard InChI is InChI=1S/C22H24N2O.ClH/c1-18(25)16-23-17-19-12-14-22(15-13-19)24(20-8-4-2-5-9-20)21-10-6-3-7-11-21;/h2-15,18,23,25H,16-17H2,1H3;1H. The zero-order valence-corrected chi connectivity index (χ0v) is 15.7. The van der Waals surface area contributed by atoms with Gasteiger partial charge in [-0.05, 0) is 48.9 Å². The molecule has 2 N–H and O–H groups in total. The number of aliphatic hydroxyl groups excluding tert-OH is 1. The minimum atomic E-state index is -0.328. The molecule has 1 atom stereocenters. The minimum absolute atomic E-state index is 0. The van der Waals surface area contributed by atoms with E-state index in [-0.39, 0.29) is 18.5 Å². The molecule has 0 aliphatic rings. The number of anilines is 3. The summed E-state index contributed by atoms with van der Waals surface area (Å²) >= 11 is 0. The third kappa shape index (κ3) is 5.33. The molecular formula is C22H25ClN2O. The molecule has 0 bridgehead atoms. The Balaban J connectivity index is 0.00000243. The number of aliphatic hydroxyl groups is 1. The Kier molecular flexibility index (Phi) is 7.67. The van der Waals surface area contributed by atoms with Crippen molar-refractivity contribution in [2.45, 2.75) is 19.6 Å². The van der Waals surface area contributed by atoms with Gasteiger partial charge < -0.3 is 15.3 Å². The fourth-order valence-electron chi connectivity index (χ4n) is 2.79. The first-order chi connectivity index (χ1) is 12.2. The van der Waals surface area contributed by atoms with Crippen LogP contribution in [0.3, 0.4) is 0 Å². The van der Waals surface area contributed by atoms with Gasteiger partial charge in [-0.3, -0.25) is 0 Å². The Morgan fingerprint density at radius 1 is 0.769 bits per heavy atom. The molecule has 0 heterocycles. The van der Waals surface area contributed by atoms with Crippen LogP contribution in [0.5, 0.6) is 0 Å². The maximum Gasteiger partial charge on any atom is 0.0636 e. The first kappa shape index (κ1) is 20.0. The molecule has 0 amide bonds. The molecule has 3 rings (SSSR count). The Labute approximate surface area is 161 Å². The molecule has 0 aromatic heterocycles. The molecule has 26 heavy (non-hydrogen) atoms. The van der Waals surface area contributed by atoms with E-state index < -0.39 is 0 Å². The van der Waals surface area contributed by atoms with Gasteiger partial charge in [0.15, 0.2) is 0 Å². The number of hydrogen-bond acceptors (Lipinski definition) is 3. The number of benzene rings is 3. The van der Waals surface area contributed by atoms with E-state index in [1.54, 1.807) is 6.92 Å². The van der Waals surface area contributed by atoms with Crippen LogP contribution in [-0.2, 0) is 6.54 Å². The zero-order valence-electron chi connectivity index (χ0n) is 14.9. The number of rotatable bonds is 7. The third-order valence-corrected chi connectivity index (χ3v) is 3.99. The molecule has 1 unspecified atom stereocenters. The molecule has 0 radical (unpaired) electrons. The molecule has 0 aliphatic heterocycles. The van der Waals surface area contributed by atoms with E-state index in [4.69, 9.17) is 0 Å². The van der Waals surface area contributed by atoms with Crippen molar-refractivity contribution < 1.29 is 5.11 Å². The van der Waals surface area contributed by atoms with E-state index in [1.807, 2.05) is 12.1 Å². The van der Waals surface area contributed by atoms with Crippen molar-refractivity contribution in [3.8, 4) is 0 Å². The molecule has 3 aromatic carbocycles. The number of nitrogens with zero attached hydrogens (tertiary/aromatic N) is 1. The number of nitrogens with one attached hydrogen (secondary N) is 1. The summed E-state index contributed by atoms with van der Waals surface area (Å²) in [6.07, 6.45) is -0.328. The lowest BCUT2D eigenvalue weighted by atomic mass is 10.1. The predicted molar refractivity (Wildman–Crippen MR) is 112 cm³/mol. The van der Waals surface area contributed by atoms with E-state index in [2.05, 4.69) is 83.0 Å². The highest BCUT2D eigenvalue weighted by molar-refractivity contribution is 5.85. The molecule has 136 valence electrons. The number of para-hydroxylation sites is 2. The van der Waals surface area contributed by atoms with Gasteiger partial charge in [-0.25, -0.2) is 0 Å². The molecular weight excluding hydrogens is 344 g/mol. The van der Waals surface area contributed by atoms with Gasteiger partial charge in [0.05, 0.1) is 6.10 Å². The largest absolute Gasteiger partial charge is 0.392 e. The van der Waals surface area contributed by atoms with Crippen LogP contribution in [0.15, 0.2) is 84.9 Å². The van der Waals surface area contributed by atoms with Crippen LogP contribution in [0.1, 0.15) is 12.5 Å². The fraction of sp³-hybridized carbons (Fsp3) is 0.182. The van der Waals surface area contributed by atoms with Gasteiger partial charge in [0.2, 0.25) is 0 Å². The predicted octanol–water partition coefficient (Wildman–Crippen LogP) is 5.05. The van der Waals surface area contributed by atoms with Crippen LogP contribution < -0.4 is 10.2 Å². The number of halogens is 1. The van der Waals surface area contributed by atoms with Gasteiger partial charge in [-0.15, -0.1) is 12.4 Å². The highest BCUT2D eigenvalue weighted by atomic mass is 35.5. The summed E-state index contributed by atoms with van der Waals surface area (Å²) < 4.78 is 0. The van der Waals surface area contributed by atoms with E-state index in [0.717, 1.165) is 23.6 Å². The minimum Gasteiger partial charge on any atom is -0.392 e. The molecule has 0 saturated heterocycles. The quantitative estimate of drug-likeness (QED) is 0.612. The van der Waals surface area contributed by atoms with Gasteiger partial charge in [-0.2, -0.15) is 0 Å². The second-order valence-electron chi connectivity index (χ2n) is 6.15. The van der Waals surface area contributed by atoms with Crippen molar-refractivity contribution >= 4 is 29.5 Å². The molecule has 0 spiro atoms. The molecule has 0 fully saturated rings. The SMILES string of the molecule is CC(O)CNCc1ccc(N(c2ccccc2)c2ccccc2)cc1.Cl. The van der Waals surface area contributed by atoms with Crippen LogP contribution >= 0.6 is 12.4 Å². The monoisotopic (exact) mass is 368 g/mol. The van der Waals surface area contributed by atoms with Crippen molar-refractivity contribution in [2.75, 3.05) is 11.4 Å². The summed E-state index contributed by atoms with van der Waals surface area (Å²) in [6.45, 7) is 3.14. The first-order valence-corrected chi connectivity index (χ1v) is 8.62. The lowest BCUT2D eigenvalue weighted by Gasteiger charge is -2.25. The van der Waals surface area contributed by atoms with Gasteiger partial charge in [0, 0.05) is 30.2 Å². The highest BCUT2D eigenvalue weighted by Gasteiger charge is 2.11. The van der Waals surface area contributed by atoms with Crippen molar-refractivity contribution in [1.82, 2.24) is 5.32 Å². The Hall–Kier alpha value is -2.33. The average Bonchev–Trinajstić information content (AvgIpc) is 2.65. The third-order valence-electron chi connectivity index (χ3n) is 3.99. The van der Waals surface area contributed by atoms with Crippen LogP contribution in [0.25, 0.3) is 0 Å². The second-order valence-corrected chi connectivity index (χ2v) is 6.15. The first-order valence-electron chi connectivity index (χ1n) is 8.62. The van der Waals surface area contributed by atoms with E-state index in [1.165, 1.54) is 5.56 Å².